The summed E-state index contributed by atoms with van der Waals surface area (Å²) in [6, 6.07) is 13.1. The molecule has 1 aliphatic rings. The summed E-state index contributed by atoms with van der Waals surface area (Å²) in [5.74, 6) is 0.413. The van der Waals surface area contributed by atoms with E-state index in [9.17, 15) is 9.59 Å². The van der Waals surface area contributed by atoms with Gasteiger partial charge in [-0.15, -0.1) is 0 Å². The van der Waals surface area contributed by atoms with E-state index in [0.717, 1.165) is 18.4 Å². The van der Waals surface area contributed by atoms with Gasteiger partial charge < -0.3 is 4.90 Å². The van der Waals surface area contributed by atoms with Crippen LogP contribution < -0.4 is 5.56 Å². The van der Waals surface area contributed by atoms with E-state index in [1.165, 1.54) is 17.0 Å². The summed E-state index contributed by atoms with van der Waals surface area (Å²) in [5.41, 5.74) is 1.12. The molecule has 0 spiro atoms. The molecule has 4 rings (SSSR count). The van der Waals surface area contributed by atoms with Gasteiger partial charge in [0.2, 0.25) is 5.91 Å². The van der Waals surface area contributed by atoms with Gasteiger partial charge >= 0.3 is 0 Å². The van der Waals surface area contributed by atoms with Gasteiger partial charge in [-0.3, -0.25) is 14.2 Å². The number of hydrogen-bond donors (Lipinski definition) is 0. The summed E-state index contributed by atoms with van der Waals surface area (Å²) in [5, 5.41) is 0.984. The Balaban J connectivity index is 1.63. The summed E-state index contributed by atoms with van der Waals surface area (Å²) >= 11 is 12.2. The second-order valence-corrected chi connectivity index (χ2v) is 8.39. The molecule has 5 nitrogen and oxygen atoms in total. The maximum absolute atomic E-state index is 13.2. The number of amides is 1. The standard InChI is InChI=1S/C22H21Cl2N3O2/c1-14(16-7-8-16)27(11-15-5-3-2-4-6-15)20(28)12-26-13-25-21-18(22(26)29)9-17(23)10-19(21)24/h2-6,9-10,13-14,16H,7-8,11-12H2,1H3. The van der Waals surface area contributed by atoms with E-state index in [2.05, 4.69) is 11.9 Å². The van der Waals surface area contributed by atoms with Crippen molar-refractivity contribution in [2.24, 2.45) is 5.92 Å². The third kappa shape index (κ3) is 4.31. The van der Waals surface area contributed by atoms with E-state index in [1.807, 2.05) is 35.2 Å². The highest BCUT2D eigenvalue weighted by atomic mass is 35.5. The first-order valence-corrected chi connectivity index (χ1v) is 10.4. The lowest BCUT2D eigenvalue weighted by Crippen LogP contribution is -2.42. The molecule has 0 radical (unpaired) electrons. The topological polar surface area (TPSA) is 55.2 Å². The van der Waals surface area contributed by atoms with Gasteiger partial charge in [0.1, 0.15) is 6.54 Å². The fourth-order valence-electron chi connectivity index (χ4n) is 3.62. The molecule has 29 heavy (non-hydrogen) atoms. The molecule has 0 N–H and O–H groups in total. The van der Waals surface area contributed by atoms with Crippen molar-refractivity contribution in [2.45, 2.75) is 38.9 Å². The fraction of sp³-hybridized carbons (Fsp3) is 0.318. The van der Waals surface area contributed by atoms with Crippen LogP contribution in [0, 0.1) is 5.92 Å². The molecule has 1 saturated carbocycles. The maximum atomic E-state index is 13.2. The molecule has 2 aromatic carbocycles. The summed E-state index contributed by atoms with van der Waals surface area (Å²) in [6.45, 7) is 2.53. The fourth-order valence-corrected chi connectivity index (χ4v) is 4.16. The highest BCUT2D eigenvalue weighted by Gasteiger charge is 2.34. The number of hydrogen-bond acceptors (Lipinski definition) is 3. The average Bonchev–Trinajstić information content (AvgIpc) is 3.54. The van der Waals surface area contributed by atoms with Gasteiger partial charge in [-0.2, -0.15) is 0 Å². The van der Waals surface area contributed by atoms with Crippen molar-refractivity contribution < 1.29 is 4.79 Å². The lowest BCUT2D eigenvalue weighted by atomic mass is 10.1. The van der Waals surface area contributed by atoms with Crippen molar-refractivity contribution in [1.82, 2.24) is 14.5 Å². The van der Waals surface area contributed by atoms with Crippen molar-refractivity contribution in [2.75, 3.05) is 0 Å². The minimum Gasteiger partial charge on any atom is -0.334 e. The molecule has 0 bridgehead atoms. The molecule has 1 fully saturated rings. The Morgan fingerprint density at radius 2 is 1.97 bits per heavy atom. The van der Waals surface area contributed by atoms with E-state index in [1.54, 1.807) is 6.07 Å². The molecular formula is C22H21Cl2N3O2. The highest BCUT2D eigenvalue weighted by molar-refractivity contribution is 6.38. The van der Waals surface area contributed by atoms with Gasteiger partial charge in [0.15, 0.2) is 0 Å². The number of aromatic nitrogens is 2. The van der Waals surface area contributed by atoms with Gasteiger partial charge in [-0.1, -0.05) is 53.5 Å². The van der Waals surface area contributed by atoms with Gasteiger partial charge in [0.25, 0.3) is 5.56 Å². The van der Waals surface area contributed by atoms with Crippen LogP contribution in [-0.4, -0.2) is 26.4 Å². The molecule has 1 unspecified atom stereocenters. The molecule has 0 saturated heterocycles. The van der Waals surface area contributed by atoms with Crippen molar-refractivity contribution in [3.8, 4) is 0 Å². The molecule has 1 amide bonds. The number of carbonyl (C=O) groups is 1. The van der Waals surface area contributed by atoms with Crippen molar-refractivity contribution in [3.05, 3.63) is 74.8 Å². The van der Waals surface area contributed by atoms with Crippen LogP contribution in [0.5, 0.6) is 0 Å². The summed E-state index contributed by atoms with van der Waals surface area (Å²) < 4.78 is 1.33. The van der Waals surface area contributed by atoms with E-state index < -0.39 is 0 Å². The Bertz CT molecular complexity index is 1110. The molecule has 1 aromatic heterocycles. The van der Waals surface area contributed by atoms with Crippen LogP contribution in [0.1, 0.15) is 25.3 Å². The van der Waals surface area contributed by atoms with Crippen molar-refractivity contribution in [3.63, 3.8) is 0 Å². The number of benzene rings is 2. The van der Waals surface area contributed by atoms with Crippen molar-refractivity contribution in [1.29, 1.82) is 0 Å². The van der Waals surface area contributed by atoms with Crippen LogP contribution in [0.4, 0.5) is 0 Å². The first-order chi connectivity index (χ1) is 13.9. The summed E-state index contributed by atoms with van der Waals surface area (Å²) in [4.78, 5) is 32.2. The van der Waals surface area contributed by atoms with Gasteiger partial charge in [-0.25, -0.2) is 4.98 Å². The predicted octanol–water partition coefficient (Wildman–Crippen LogP) is 4.53. The Hall–Kier alpha value is -2.37. The Kier molecular flexibility index (Phi) is 5.61. The van der Waals surface area contributed by atoms with Crippen LogP contribution in [0.15, 0.2) is 53.6 Å². The van der Waals surface area contributed by atoms with Gasteiger partial charge in [0, 0.05) is 17.6 Å². The normalized spacial score (nSPS) is 14.7. The molecule has 7 heteroatoms. The molecule has 3 aromatic rings. The van der Waals surface area contributed by atoms with E-state index in [0.29, 0.717) is 33.4 Å². The number of halogens is 2. The average molecular weight is 430 g/mol. The predicted molar refractivity (Wildman–Crippen MR) is 115 cm³/mol. The molecule has 1 aliphatic carbocycles. The number of carbonyl (C=O) groups excluding carboxylic acids is 1. The third-order valence-corrected chi connectivity index (χ3v) is 5.97. The van der Waals surface area contributed by atoms with Gasteiger partial charge in [0.05, 0.1) is 22.3 Å². The van der Waals surface area contributed by atoms with Crippen LogP contribution in [0.25, 0.3) is 10.9 Å². The summed E-state index contributed by atoms with van der Waals surface area (Å²) in [7, 11) is 0. The number of nitrogens with zero attached hydrogens (tertiary/aromatic N) is 3. The zero-order chi connectivity index (χ0) is 20.5. The minimum absolute atomic E-state index is 0.0736. The largest absolute Gasteiger partial charge is 0.334 e. The van der Waals surface area contributed by atoms with Crippen LogP contribution in [0.3, 0.4) is 0 Å². The molecule has 0 aliphatic heterocycles. The van der Waals surface area contributed by atoms with Crippen molar-refractivity contribution >= 4 is 40.0 Å². The third-order valence-electron chi connectivity index (χ3n) is 5.46. The maximum Gasteiger partial charge on any atom is 0.261 e. The Morgan fingerprint density at radius 1 is 1.24 bits per heavy atom. The molecule has 1 heterocycles. The monoisotopic (exact) mass is 429 g/mol. The molecule has 150 valence electrons. The van der Waals surface area contributed by atoms with Crippen LogP contribution >= 0.6 is 23.2 Å². The zero-order valence-corrected chi connectivity index (χ0v) is 17.5. The smallest absolute Gasteiger partial charge is 0.261 e. The minimum atomic E-state index is -0.327. The second kappa shape index (κ2) is 8.17. The molecular weight excluding hydrogens is 409 g/mol. The summed E-state index contributed by atoms with van der Waals surface area (Å²) in [6.07, 6.45) is 3.65. The zero-order valence-electron chi connectivity index (χ0n) is 16.0. The van der Waals surface area contributed by atoms with E-state index >= 15 is 0 Å². The number of rotatable bonds is 6. The first kappa shape index (κ1) is 19.9. The van der Waals surface area contributed by atoms with E-state index in [-0.39, 0.29) is 24.1 Å². The lowest BCUT2D eigenvalue weighted by Gasteiger charge is -2.30. The SMILES string of the molecule is CC(C1CC1)N(Cc1ccccc1)C(=O)Cn1cnc2c(Cl)cc(Cl)cc2c1=O. The Labute approximate surface area is 178 Å². The molecule has 1 atom stereocenters. The quantitative estimate of drug-likeness (QED) is 0.578. The van der Waals surface area contributed by atoms with Crippen LogP contribution in [-0.2, 0) is 17.9 Å². The highest BCUT2D eigenvalue weighted by Crippen LogP contribution is 2.35. The van der Waals surface area contributed by atoms with Gasteiger partial charge in [-0.05, 0) is 43.4 Å². The second-order valence-electron chi connectivity index (χ2n) is 7.55. The van der Waals surface area contributed by atoms with Crippen LogP contribution in [0.2, 0.25) is 10.0 Å². The first-order valence-electron chi connectivity index (χ1n) is 9.61. The van der Waals surface area contributed by atoms with E-state index in [4.69, 9.17) is 23.2 Å². The Morgan fingerprint density at radius 3 is 2.66 bits per heavy atom. The number of fused-ring (bicyclic) bond motifs is 1. The lowest BCUT2D eigenvalue weighted by molar-refractivity contribution is -0.135.